The van der Waals surface area contributed by atoms with E-state index < -0.39 is 16.1 Å². The molecular weight excluding hydrogens is 201 g/mol. The smallest absolute Gasteiger partial charge is 0.150 e. The van der Waals surface area contributed by atoms with Gasteiger partial charge in [-0.3, -0.25) is 0 Å². The Morgan fingerprint density at radius 1 is 1.29 bits per heavy atom. The molecule has 14 heavy (non-hydrogen) atoms. The van der Waals surface area contributed by atoms with Gasteiger partial charge in [-0.1, -0.05) is 12.1 Å². The van der Waals surface area contributed by atoms with Gasteiger partial charge < -0.3 is 4.55 Å². The molecule has 0 aliphatic rings. The number of para-hydroxylation sites is 1. The second-order valence-electron chi connectivity index (χ2n) is 3.96. The van der Waals surface area contributed by atoms with E-state index in [-0.39, 0.29) is 11.5 Å². The lowest BCUT2D eigenvalue weighted by Crippen LogP contribution is -2.33. The van der Waals surface area contributed by atoms with Gasteiger partial charge in [0, 0.05) is 0 Å². The van der Waals surface area contributed by atoms with Crippen LogP contribution in [0.5, 0.6) is 0 Å². The summed E-state index contributed by atoms with van der Waals surface area (Å²) in [4.78, 5) is 0. The molecule has 1 aromatic carbocycles. The number of hydrogen-bond donors (Lipinski definition) is 1. The predicted octanol–water partition coefficient (Wildman–Crippen LogP) is 2.70. The van der Waals surface area contributed by atoms with Crippen molar-refractivity contribution in [3.63, 3.8) is 0 Å². The number of benzene rings is 1. The average Bonchev–Trinajstić information content (AvgIpc) is 2.07. The first-order valence-corrected chi connectivity index (χ1v) is 5.49. The quantitative estimate of drug-likeness (QED) is 0.770. The highest BCUT2D eigenvalue weighted by atomic mass is 32.2. The molecule has 1 aromatic rings. The van der Waals surface area contributed by atoms with E-state index in [0.29, 0.717) is 0 Å². The maximum atomic E-state index is 13.1. The molecule has 0 bridgehead atoms. The molecule has 0 heterocycles. The van der Waals surface area contributed by atoms with E-state index in [1.807, 2.05) is 20.8 Å². The normalized spacial score (nSPS) is 13.8. The van der Waals surface area contributed by atoms with Crippen LogP contribution < -0.4 is 4.72 Å². The van der Waals surface area contributed by atoms with E-state index in [2.05, 4.69) is 4.72 Å². The van der Waals surface area contributed by atoms with Crippen LogP contribution in [0.4, 0.5) is 10.1 Å². The van der Waals surface area contributed by atoms with Crippen LogP contribution >= 0.6 is 0 Å². The van der Waals surface area contributed by atoms with Crippen molar-refractivity contribution < 1.29 is 8.94 Å². The Labute approximate surface area is 86.8 Å². The Kier molecular flexibility index (Phi) is 3.39. The Balaban J connectivity index is 2.75. The molecule has 1 atom stereocenters. The van der Waals surface area contributed by atoms with E-state index in [1.165, 1.54) is 6.07 Å². The highest BCUT2D eigenvalue weighted by molar-refractivity contribution is 7.94. The number of halogens is 1. The van der Waals surface area contributed by atoms with Crippen LogP contribution in [0.25, 0.3) is 0 Å². The van der Waals surface area contributed by atoms with Crippen LogP contribution in [0, 0.1) is 5.82 Å². The Hall–Kier alpha value is -0.740. The fraction of sp³-hybridized carbons (Fsp3) is 0.400. The molecule has 0 aliphatic carbocycles. The highest BCUT2D eigenvalue weighted by Gasteiger charge is 2.27. The van der Waals surface area contributed by atoms with Crippen LogP contribution in [0.3, 0.4) is 0 Å². The summed E-state index contributed by atoms with van der Waals surface area (Å²) < 4.78 is 27.0. The van der Waals surface area contributed by atoms with Gasteiger partial charge >= 0.3 is 0 Å². The molecule has 0 aromatic heterocycles. The van der Waals surface area contributed by atoms with Crippen molar-refractivity contribution in [1.29, 1.82) is 0 Å². The SMILES string of the molecule is CC(C)(C)[S+]([O-])Nc1ccccc1F. The number of rotatable bonds is 2. The van der Waals surface area contributed by atoms with Gasteiger partial charge in [0.25, 0.3) is 0 Å². The largest absolute Gasteiger partial charge is 0.593 e. The molecule has 1 unspecified atom stereocenters. The van der Waals surface area contributed by atoms with E-state index in [0.717, 1.165) is 0 Å². The van der Waals surface area contributed by atoms with Crippen molar-refractivity contribution in [2.75, 3.05) is 4.72 Å². The highest BCUT2D eigenvalue weighted by Crippen LogP contribution is 2.21. The fourth-order valence-electron chi connectivity index (χ4n) is 0.797. The van der Waals surface area contributed by atoms with Gasteiger partial charge in [0.15, 0.2) is 5.82 Å². The summed E-state index contributed by atoms with van der Waals surface area (Å²) in [5.74, 6) is -0.384. The minimum atomic E-state index is -1.29. The van der Waals surface area contributed by atoms with Gasteiger partial charge in [-0.15, -0.1) is 0 Å². The molecule has 0 radical (unpaired) electrons. The predicted molar refractivity (Wildman–Crippen MR) is 57.9 cm³/mol. The lowest BCUT2D eigenvalue weighted by molar-refractivity contribution is 0.564. The second-order valence-corrected chi connectivity index (χ2v) is 5.93. The maximum absolute atomic E-state index is 13.1. The summed E-state index contributed by atoms with van der Waals surface area (Å²) in [6, 6.07) is 6.20. The number of anilines is 1. The van der Waals surface area contributed by atoms with Gasteiger partial charge in [0.05, 0.1) is 11.4 Å². The molecule has 1 N–H and O–H groups in total. The number of nitrogens with one attached hydrogen (secondary N) is 1. The average molecular weight is 215 g/mol. The third-order valence-electron chi connectivity index (χ3n) is 1.63. The van der Waals surface area contributed by atoms with Crippen molar-refractivity contribution in [1.82, 2.24) is 0 Å². The Bertz CT molecular complexity index is 311. The third kappa shape index (κ3) is 2.89. The van der Waals surface area contributed by atoms with Gasteiger partial charge in [-0.2, -0.15) is 0 Å². The molecule has 0 saturated heterocycles. The van der Waals surface area contributed by atoms with Crippen LogP contribution in [-0.4, -0.2) is 9.30 Å². The van der Waals surface area contributed by atoms with E-state index in [9.17, 15) is 8.94 Å². The molecule has 4 heteroatoms. The molecule has 0 fully saturated rings. The summed E-state index contributed by atoms with van der Waals surface area (Å²) in [5.41, 5.74) is 0.278. The van der Waals surface area contributed by atoms with Crippen LogP contribution in [0.1, 0.15) is 20.8 Å². The lowest BCUT2D eigenvalue weighted by atomic mass is 10.3. The van der Waals surface area contributed by atoms with Crippen LogP contribution in [0.15, 0.2) is 24.3 Å². The summed E-state index contributed by atoms with van der Waals surface area (Å²) in [6.45, 7) is 5.49. The van der Waals surface area contributed by atoms with Gasteiger partial charge in [0.2, 0.25) is 0 Å². The molecular formula is C10H14FNOS. The summed E-state index contributed by atoms with van der Waals surface area (Å²) in [7, 11) is 0. The zero-order chi connectivity index (χ0) is 10.8. The Morgan fingerprint density at radius 2 is 1.86 bits per heavy atom. The van der Waals surface area contributed by atoms with Gasteiger partial charge in [-0.25, -0.2) is 9.11 Å². The van der Waals surface area contributed by atoms with Gasteiger partial charge in [-0.05, 0) is 32.9 Å². The zero-order valence-corrected chi connectivity index (χ0v) is 9.32. The first kappa shape index (κ1) is 11.3. The molecule has 0 spiro atoms. The second kappa shape index (κ2) is 4.19. The van der Waals surface area contributed by atoms with Crippen molar-refractivity contribution in [3.8, 4) is 0 Å². The first-order chi connectivity index (χ1) is 6.41. The number of hydrogen-bond acceptors (Lipinski definition) is 2. The molecule has 78 valence electrons. The summed E-state index contributed by atoms with van der Waals surface area (Å²) in [5, 5.41) is 0. The van der Waals surface area contributed by atoms with E-state index in [4.69, 9.17) is 0 Å². The minimum Gasteiger partial charge on any atom is -0.593 e. The maximum Gasteiger partial charge on any atom is 0.150 e. The van der Waals surface area contributed by atoms with Crippen molar-refractivity contribution >= 4 is 17.0 Å². The van der Waals surface area contributed by atoms with Gasteiger partial charge in [0.1, 0.15) is 10.4 Å². The molecule has 0 aliphatic heterocycles. The van der Waals surface area contributed by atoms with Crippen LogP contribution in [0.2, 0.25) is 0 Å². The molecule has 1 rings (SSSR count). The monoisotopic (exact) mass is 215 g/mol. The first-order valence-electron chi connectivity index (χ1n) is 4.34. The van der Waals surface area contributed by atoms with Crippen molar-refractivity contribution in [2.24, 2.45) is 0 Å². The minimum absolute atomic E-state index is 0.278. The standard InChI is InChI=1S/C10H14FNOS/c1-10(2,3)14(13)12-9-7-5-4-6-8(9)11/h4-7,12H,1-3H3. The zero-order valence-electron chi connectivity index (χ0n) is 8.50. The molecule has 0 amide bonds. The van der Waals surface area contributed by atoms with E-state index in [1.54, 1.807) is 18.2 Å². The van der Waals surface area contributed by atoms with Crippen molar-refractivity contribution in [2.45, 2.75) is 25.5 Å². The summed E-state index contributed by atoms with van der Waals surface area (Å²) in [6.07, 6.45) is 0. The topological polar surface area (TPSA) is 35.1 Å². The summed E-state index contributed by atoms with van der Waals surface area (Å²) >= 11 is -1.29. The lowest BCUT2D eigenvalue weighted by Gasteiger charge is -2.23. The Morgan fingerprint density at radius 3 is 2.36 bits per heavy atom. The third-order valence-corrected chi connectivity index (χ3v) is 3.15. The molecule has 2 nitrogen and oxygen atoms in total. The van der Waals surface area contributed by atoms with Crippen molar-refractivity contribution in [3.05, 3.63) is 30.1 Å². The molecule has 0 saturated carbocycles. The van der Waals surface area contributed by atoms with Crippen LogP contribution in [-0.2, 0) is 11.4 Å². The van der Waals surface area contributed by atoms with E-state index >= 15 is 0 Å². The fourth-order valence-corrected chi connectivity index (χ4v) is 1.47.